The Morgan fingerprint density at radius 1 is 1.00 bits per heavy atom. The lowest BCUT2D eigenvalue weighted by Crippen LogP contribution is -1.92. The number of benzene rings is 2. The summed E-state index contributed by atoms with van der Waals surface area (Å²) in [7, 11) is 1.94. The standard InChI is InChI=1S/C15H14N2O/c1-10-7-15(16-17(10)2)13-4-3-12-9-14(18)6-5-11(12)8-13/h3-9,18H,1-2H3. The van der Waals surface area contributed by atoms with Gasteiger partial charge in [-0.2, -0.15) is 5.10 Å². The van der Waals surface area contributed by atoms with Crippen molar-refractivity contribution in [3.8, 4) is 17.0 Å². The minimum atomic E-state index is 0.295. The summed E-state index contributed by atoms with van der Waals surface area (Å²) in [6.07, 6.45) is 0. The zero-order valence-corrected chi connectivity index (χ0v) is 10.4. The zero-order valence-electron chi connectivity index (χ0n) is 10.4. The fraction of sp³-hybridized carbons (Fsp3) is 0.133. The number of hydrogen-bond acceptors (Lipinski definition) is 2. The molecular weight excluding hydrogens is 224 g/mol. The van der Waals surface area contributed by atoms with Crippen LogP contribution in [0.15, 0.2) is 42.5 Å². The third-order valence-corrected chi connectivity index (χ3v) is 3.23. The van der Waals surface area contributed by atoms with Gasteiger partial charge in [-0.25, -0.2) is 0 Å². The number of hydrogen-bond donors (Lipinski definition) is 1. The Balaban J connectivity index is 2.16. The molecule has 1 aromatic heterocycles. The highest BCUT2D eigenvalue weighted by molar-refractivity contribution is 5.87. The first kappa shape index (κ1) is 10.8. The summed E-state index contributed by atoms with van der Waals surface area (Å²) in [6, 6.07) is 13.6. The average molecular weight is 238 g/mol. The van der Waals surface area contributed by atoms with Crippen molar-refractivity contribution in [2.24, 2.45) is 7.05 Å². The Bertz CT molecular complexity index is 709. The minimum Gasteiger partial charge on any atom is -0.508 e. The molecule has 3 aromatic rings. The molecule has 0 unspecified atom stereocenters. The van der Waals surface area contributed by atoms with Crippen LogP contribution in [0.2, 0.25) is 0 Å². The molecule has 2 aromatic carbocycles. The van der Waals surface area contributed by atoms with E-state index in [0.29, 0.717) is 5.75 Å². The van der Waals surface area contributed by atoms with Gasteiger partial charge in [0.15, 0.2) is 0 Å². The second-order valence-electron chi connectivity index (χ2n) is 4.54. The van der Waals surface area contributed by atoms with Crippen molar-refractivity contribution in [3.05, 3.63) is 48.2 Å². The molecule has 1 N–H and O–H groups in total. The van der Waals surface area contributed by atoms with Gasteiger partial charge in [0.05, 0.1) is 5.69 Å². The summed E-state index contributed by atoms with van der Waals surface area (Å²) in [6.45, 7) is 2.04. The second-order valence-corrected chi connectivity index (χ2v) is 4.54. The minimum absolute atomic E-state index is 0.295. The lowest BCUT2D eigenvalue weighted by molar-refractivity contribution is 0.476. The van der Waals surface area contributed by atoms with Gasteiger partial charge in [0.2, 0.25) is 0 Å². The first-order valence-corrected chi connectivity index (χ1v) is 5.87. The van der Waals surface area contributed by atoms with E-state index in [1.807, 2.05) is 36.9 Å². The summed E-state index contributed by atoms with van der Waals surface area (Å²) < 4.78 is 1.87. The predicted molar refractivity (Wildman–Crippen MR) is 72.6 cm³/mol. The number of aromatic nitrogens is 2. The number of phenols is 1. The van der Waals surface area contributed by atoms with Crippen LogP contribution in [-0.4, -0.2) is 14.9 Å². The highest BCUT2D eigenvalue weighted by Gasteiger charge is 2.05. The van der Waals surface area contributed by atoms with Gasteiger partial charge in [-0.05, 0) is 42.0 Å². The Hall–Kier alpha value is -2.29. The molecule has 0 radical (unpaired) electrons. The normalized spacial score (nSPS) is 11.0. The molecule has 0 aliphatic carbocycles. The summed E-state index contributed by atoms with van der Waals surface area (Å²) in [4.78, 5) is 0. The molecule has 0 fully saturated rings. The number of phenolic OH excluding ortho intramolecular Hbond substituents is 1. The molecule has 0 amide bonds. The van der Waals surface area contributed by atoms with E-state index in [9.17, 15) is 5.11 Å². The van der Waals surface area contributed by atoms with Crippen LogP contribution in [0.1, 0.15) is 5.69 Å². The van der Waals surface area contributed by atoms with Crippen molar-refractivity contribution in [1.29, 1.82) is 0 Å². The predicted octanol–water partition coefficient (Wildman–Crippen LogP) is 3.25. The van der Waals surface area contributed by atoms with Crippen LogP contribution in [0.3, 0.4) is 0 Å². The topological polar surface area (TPSA) is 38.1 Å². The first-order valence-electron chi connectivity index (χ1n) is 5.87. The van der Waals surface area contributed by atoms with Crippen LogP contribution in [0.4, 0.5) is 0 Å². The van der Waals surface area contributed by atoms with E-state index in [1.165, 1.54) is 0 Å². The van der Waals surface area contributed by atoms with Gasteiger partial charge >= 0.3 is 0 Å². The van der Waals surface area contributed by atoms with Crippen molar-refractivity contribution in [3.63, 3.8) is 0 Å². The number of aromatic hydroxyl groups is 1. The Morgan fingerprint density at radius 2 is 1.72 bits per heavy atom. The molecule has 1 heterocycles. The van der Waals surface area contributed by atoms with Gasteiger partial charge in [-0.15, -0.1) is 0 Å². The zero-order chi connectivity index (χ0) is 12.7. The first-order chi connectivity index (χ1) is 8.63. The molecule has 3 rings (SSSR count). The third kappa shape index (κ3) is 1.74. The van der Waals surface area contributed by atoms with E-state index in [2.05, 4.69) is 17.2 Å². The number of nitrogens with zero attached hydrogens (tertiary/aromatic N) is 2. The maximum atomic E-state index is 9.44. The quantitative estimate of drug-likeness (QED) is 0.706. The van der Waals surface area contributed by atoms with Crippen LogP contribution < -0.4 is 0 Å². The van der Waals surface area contributed by atoms with Crippen LogP contribution in [0.25, 0.3) is 22.0 Å². The molecule has 18 heavy (non-hydrogen) atoms. The molecule has 3 nitrogen and oxygen atoms in total. The molecule has 0 atom stereocenters. The van der Waals surface area contributed by atoms with Crippen molar-refractivity contribution in [2.75, 3.05) is 0 Å². The fourth-order valence-electron chi connectivity index (χ4n) is 2.09. The summed E-state index contributed by atoms with van der Waals surface area (Å²) >= 11 is 0. The molecule has 0 spiro atoms. The molecule has 3 heteroatoms. The summed E-state index contributed by atoms with van der Waals surface area (Å²) in [5.74, 6) is 0.295. The maximum absolute atomic E-state index is 9.44. The average Bonchev–Trinajstić information content (AvgIpc) is 2.69. The maximum Gasteiger partial charge on any atom is 0.116 e. The van der Waals surface area contributed by atoms with Crippen LogP contribution in [0.5, 0.6) is 5.75 Å². The fourth-order valence-corrected chi connectivity index (χ4v) is 2.09. The molecular formula is C15H14N2O. The van der Waals surface area contributed by atoms with Gasteiger partial charge in [0.1, 0.15) is 5.75 Å². The summed E-state index contributed by atoms with van der Waals surface area (Å²) in [5, 5.41) is 16.1. The van der Waals surface area contributed by atoms with Crippen molar-refractivity contribution in [2.45, 2.75) is 6.92 Å². The smallest absolute Gasteiger partial charge is 0.116 e. The summed E-state index contributed by atoms with van der Waals surface area (Å²) in [5.41, 5.74) is 3.21. The third-order valence-electron chi connectivity index (χ3n) is 3.23. The Kier molecular flexibility index (Phi) is 2.33. The molecule has 0 aliphatic heterocycles. The monoisotopic (exact) mass is 238 g/mol. The second kappa shape index (κ2) is 3.88. The Labute approximate surface area is 105 Å². The van der Waals surface area contributed by atoms with E-state index in [4.69, 9.17) is 0 Å². The van der Waals surface area contributed by atoms with Gasteiger partial charge in [-0.3, -0.25) is 4.68 Å². The van der Waals surface area contributed by atoms with Crippen LogP contribution in [0, 0.1) is 6.92 Å². The molecule has 0 saturated carbocycles. The molecule has 0 aliphatic rings. The van der Waals surface area contributed by atoms with Crippen molar-refractivity contribution >= 4 is 10.8 Å². The highest BCUT2D eigenvalue weighted by Crippen LogP contribution is 2.26. The molecule has 0 bridgehead atoms. The van der Waals surface area contributed by atoms with Crippen molar-refractivity contribution in [1.82, 2.24) is 9.78 Å². The number of fused-ring (bicyclic) bond motifs is 1. The van der Waals surface area contributed by atoms with Gasteiger partial charge < -0.3 is 5.11 Å². The number of rotatable bonds is 1. The number of aryl methyl sites for hydroxylation is 2. The van der Waals surface area contributed by atoms with Crippen molar-refractivity contribution < 1.29 is 5.11 Å². The highest BCUT2D eigenvalue weighted by atomic mass is 16.3. The van der Waals surface area contributed by atoms with E-state index in [-0.39, 0.29) is 0 Å². The van der Waals surface area contributed by atoms with Crippen LogP contribution in [-0.2, 0) is 7.05 Å². The van der Waals surface area contributed by atoms with E-state index in [1.54, 1.807) is 12.1 Å². The van der Waals surface area contributed by atoms with E-state index >= 15 is 0 Å². The Morgan fingerprint density at radius 3 is 2.44 bits per heavy atom. The lowest BCUT2D eigenvalue weighted by atomic mass is 10.0. The lowest BCUT2D eigenvalue weighted by Gasteiger charge is -2.02. The largest absolute Gasteiger partial charge is 0.508 e. The van der Waals surface area contributed by atoms with E-state index < -0.39 is 0 Å². The van der Waals surface area contributed by atoms with Crippen LogP contribution >= 0.6 is 0 Å². The van der Waals surface area contributed by atoms with Gasteiger partial charge in [-0.1, -0.05) is 18.2 Å². The SMILES string of the molecule is Cc1cc(-c2ccc3cc(O)ccc3c2)nn1C. The van der Waals surface area contributed by atoms with Gasteiger partial charge in [0.25, 0.3) is 0 Å². The van der Waals surface area contributed by atoms with E-state index in [0.717, 1.165) is 27.7 Å². The molecule has 0 saturated heterocycles. The van der Waals surface area contributed by atoms with Gasteiger partial charge in [0, 0.05) is 18.3 Å². The molecule has 90 valence electrons.